The van der Waals surface area contributed by atoms with E-state index in [0.717, 1.165) is 18.0 Å². The molecular weight excluding hydrogens is 206 g/mol. The molecule has 0 saturated carbocycles. The van der Waals surface area contributed by atoms with Gasteiger partial charge in [-0.05, 0) is 30.7 Å². The third kappa shape index (κ3) is 4.58. The summed E-state index contributed by atoms with van der Waals surface area (Å²) in [6.45, 7) is 4.15. The molecule has 1 atom stereocenters. The molecule has 0 bridgehead atoms. The van der Waals surface area contributed by atoms with Crippen LogP contribution in [-0.2, 0) is 17.3 Å². The van der Waals surface area contributed by atoms with E-state index in [1.54, 1.807) is 6.26 Å². The zero-order chi connectivity index (χ0) is 11.1. The average molecular weight is 225 g/mol. The molecule has 1 rings (SSSR count). The van der Waals surface area contributed by atoms with Gasteiger partial charge in [0.15, 0.2) is 0 Å². The summed E-state index contributed by atoms with van der Waals surface area (Å²) in [5, 5.41) is 3.38. The summed E-state index contributed by atoms with van der Waals surface area (Å²) >= 11 is 0. The first-order valence-electron chi connectivity index (χ1n) is 5.37. The number of benzene rings is 1. The van der Waals surface area contributed by atoms with Gasteiger partial charge in [0.2, 0.25) is 0 Å². The fraction of sp³-hybridized carbons (Fsp3) is 0.500. The molecule has 0 aromatic heterocycles. The van der Waals surface area contributed by atoms with Crippen LogP contribution >= 0.6 is 0 Å². The molecule has 0 heterocycles. The Hall–Kier alpha value is -0.670. The van der Waals surface area contributed by atoms with Crippen LogP contribution in [0.5, 0.6) is 0 Å². The number of nitrogens with one attached hydrogen (secondary N) is 1. The first kappa shape index (κ1) is 12.4. The third-order valence-electron chi connectivity index (χ3n) is 2.29. The van der Waals surface area contributed by atoms with Crippen molar-refractivity contribution >= 4 is 10.8 Å². The molecule has 2 nitrogen and oxygen atoms in total. The molecule has 1 unspecified atom stereocenters. The first-order chi connectivity index (χ1) is 7.24. The fourth-order valence-corrected chi connectivity index (χ4v) is 1.85. The Kier molecular flexibility index (Phi) is 5.58. The average Bonchev–Trinajstić information content (AvgIpc) is 2.25. The summed E-state index contributed by atoms with van der Waals surface area (Å²) in [7, 11) is -0.866. The molecule has 0 amide bonds. The van der Waals surface area contributed by atoms with Crippen molar-refractivity contribution in [1.82, 2.24) is 5.32 Å². The van der Waals surface area contributed by atoms with Crippen molar-refractivity contribution in [3.63, 3.8) is 0 Å². The Morgan fingerprint density at radius 2 is 1.93 bits per heavy atom. The molecule has 15 heavy (non-hydrogen) atoms. The van der Waals surface area contributed by atoms with E-state index < -0.39 is 10.8 Å². The van der Waals surface area contributed by atoms with Crippen molar-refractivity contribution in [3.8, 4) is 0 Å². The lowest BCUT2D eigenvalue weighted by Crippen LogP contribution is -2.14. The van der Waals surface area contributed by atoms with Crippen LogP contribution in [0.3, 0.4) is 0 Å². The van der Waals surface area contributed by atoms with Crippen molar-refractivity contribution in [3.05, 3.63) is 29.8 Å². The maximum absolute atomic E-state index is 11.2. The summed E-state index contributed by atoms with van der Waals surface area (Å²) in [5.41, 5.74) is 1.25. The topological polar surface area (TPSA) is 29.1 Å². The molecule has 0 radical (unpaired) electrons. The standard InChI is InChI=1S/C12H19NOS/c1-3-4-9-13-10-11-5-7-12(8-6-11)15(2)14/h5-8,13H,3-4,9-10H2,1-2H3. The van der Waals surface area contributed by atoms with E-state index in [0.29, 0.717) is 0 Å². The minimum atomic E-state index is -0.866. The molecule has 84 valence electrons. The van der Waals surface area contributed by atoms with Gasteiger partial charge in [-0.2, -0.15) is 0 Å². The largest absolute Gasteiger partial charge is 0.313 e. The van der Waals surface area contributed by atoms with Gasteiger partial charge < -0.3 is 5.32 Å². The highest BCUT2D eigenvalue weighted by Crippen LogP contribution is 2.07. The molecule has 0 aliphatic carbocycles. The Morgan fingerprint density at radius 3 is 2.47 bits per heavy atom. The van der Waals surface area contributed by atoms with Gasteiger partial charge >= 0.3 is 0 Å². The van der Waals surface area contributed by atoms with Gasteiger partial charge in [0, 0.05) is 28.5 Å². The quantitative estimate of drug-likeness (QED) is 0.753. The normalized spacial score (nSPS) is 12.7. The van der Waals surface area contributed by atoms with E-state index in [9.17, 15) is 4.21 Å². The molecule has 3 heteroatoms. The monoisotopic (exact) mass is 225 g/mol. The molecule has 0 fully saturated rings. The van der Waals surface area contributed by atoms with Gasteiger partial charge in [-0.3, -0.25) is 4.21 Å². The molecule has 1 aromatic carbocycles. The first-order valence-corrected chi connectivity index (χ1v) is 6.93. The maximum atomic E-state index is 11.2. The van der Waals surface area contributed by atoms with Crippen molar-refractivity contribution in [2.24, 2.45) is 0 Å². The van der Waals surface area contributed by atoms with Gasteiger partial charge in [0.25, 0.3) is 0 Å². The zero-order valence-electron chi connectivity index (χ0n) is 9.45. The highest BCUT2D eigenvalue weighted by atomic mass is 32.2. The summed E-state index contributed by atoms with van der Waals surface area (Å²) < 4.78 is 11.2. The number of hydrogen-bond donors (Lipinski definition) is 1. The highest BCUT2D eigenvalue weighted by molar-refractivity contribution is 7.84. The van der Waals surface area contributed by atoms with E-state index in [2.05, 4.69) is 12.2 Å². The Labute approximate surface area is 94.5 Å². The summed E-state index contributed by atoms with van der Waals surface area (Å²) in [6.07, 6.45) is 4.15. The van der Waals surface area contributed by atoms with Crippen LogP contribution in [0.4, 0.5) is 0 Å². The highest BCUT2D eigenvalue weighted by Gasteiger charge is 1.97. The Morgan fingerprint density at radius 1 is 1.27 bits per heavy atom. The predicted octanol–water partition coefficient (Wildman–Crippen LogP) is 2.31. The minimum Gasteiger partial charge on any atom is -0.313 e. The van der Waals surface area contributed by atoms with Gasteiger partial charge in [-0.1, -0.05) is 25.5 Å². The summed E-state index contributed by atoms with van der Waals surface area (Å²) in [6, 6.07) is 7.95. The maximum Gasteiger partial charge on any atom is 0.0498 e. The lowest BCUT2D eigenvalue weighted by molar-refractivity contribution is 0.641. The van der Waals surface area contributed by atoms with Crippen molar-refractivity contribution in [2.45, 2.75) is 31.2 Å². The molecule has 0 aliphatic heterocycles. The fourth-order valence-electron chi connectivity index (χ4n) is 1.33. The van der Waals surface area contributed by atoms with Crippen LogP contribution < -0.4 is 5.32 Å². The summed E-state index contributed by atoms with van der Waals surface area (Å²) in [4.78, 5) is 0.896. The Balaban J connectivity index is 2.39. The predicted molar refractivity (Wildman–Crippen MR) is 65.4 cm³/mol. The van der Waals surface area contributed by atoms with Crippen molar-refractivity contribution in [2.75, 3.05) is 12.8 Å². The molecule has 0 aliphatic rings. The Bertz CT molecular complexity index is 308. The second-order valence-electron chi connectivity index (χ2n) is 3.63. The van der Waals surface area contributed by atoms with Gasteiger partial charge in [0.05, 0.1) is 0 Å². The van der Waals surface area contributed by atoms with Gasteiger partial charge in [-0.25, -0.2) is 0 Å². The van der Waals surface area contributed by atoms with Crippen LogP contribution in [-0.4, -0.2) is 17.0 Å². The van der Waals surface area contributed by atoms with E-state index in [1.165, 1.54) is 18.4 Å². The van der Waals surface area contributed by atoms with Gasteiger partial charge in [-0.15, -0.1) is 0 Å². The zero-order valence-corrected chi connectivity index (χ0v) is 10.3. The van der Waals surface area contributed by atoms with E-state index >= 15 is 0 Å². The molecular formula is C12H19NOS. The van der Waals surface area contributed by atoms with E-state index in [1.807, 2.05) is 24.3 Å². The van der Waals surface area contributed by atoms with Crippen molar-refractivity contribution < 1.29 is 4.21 Å². The number of rotatable bonds is 6. The van der Waals surface area contributed by atoms with Crippen LogP contribution in [0, 0.1) is 0 Å². The third-order valence-corrected chi connectivity index (χ3v) is 3.23. The molecule has 1 N–H and O–H groups in total. The second kappa shape index (κ2) is 6.75. The lowest BCUT2D eigenvalue weighted by Gasteiger charge is -2.04. The minimum absolute atomic E-state index is 0.866. The van der Waals surface area contributed by atoms with Crippen LogP contribution in [0.15, 0.2) is 29.2 Å². The molecule has 0 saturated heterocycles. The van der Waals surface area contributed by atoms with E-state index in [-0.39, 0.29) is 0 Å². The second-order valence-corrected chi connectivity index (χ2v) is 5.01. The van der Waals surface area contributed by atoms with E-state index in [4.69, 9.17) is 0 Å². The van der Waals surface area contributed by atoms with Crippen molar-refractivity contribution in [1.29, 1.82) is 0 Å². The van der Waals surface area contributed by atoms with Gasteiger partial charge in [0.1, 0.15) is 0 Å². The van der Waals surface area contributed by atoms with Crippen LogP contribution in [0.1, 0.15) is 25.3 Å². The summed E-state index contributed by atoms with van der Waals surface area (Å²) in [5.74, 6) is 0. The van der Waals surface area contributed by atoms with Crippen LogP contribution in [0.2, 0.25) is 0 Å². The SMILES string of the molecule is CCCCNCc1ccc(S(C)=O)cc1. The lowest BCUT2D eigenvalue weighted by atomic mass is 10.2. The number of hydrogen-bond acceptors (Lipinski definition) is 2. The molecule has 0 spiro atoms. The smallest absolute Gasteiger partial charge is 0.0498 e. The molecule has 1 aromatic rings. The van der Waals surface area contributed by atoms with Crippen LogP contribution in [0.25, 0.3) is 0 Å². The number of unbranched alkanes of at least 4 members (excludes halogenated alkanes) is 1.